The van der Waals surface area contributed by atoms with E-state index in [9.17, 15) is 0 Å². The highest BCUT2D eigenvalue weighted by Gasteiger charge is 2.38. The smallest absolute Gasteiger partial charge is 0.00465 e. The predicted octanol–water partition coefficient (Wildman–Crippen LogP) is 3.67. The van der Waals surface area contributed by atoms with E-state index in [1.807, 2.05) is 0 Å². The zero-order chi connectivity index (χ0) is 10.5. The van der Waals surface area contributed by atoms with Crippen LogP contribution in [0.15, 0.2) is 48.5 Å². The highest BCUT2D eigenvalue weighted by atomic mass is 14.4. The zero-order valence-electron chi connectivity index (χ0n) is 9.19. The van der Waals surface area contributed by atoms with Gasteiger partial charge in [-0.2, -0.15) is 0 Å². The Balaban J connectivity index is 1.69. The van der Waals surface area contributed by atoms with E-state index in [-0.39, 0.29) is 0 Å². The van der Waals surface area contributed by atoms with E-state index in [2.05, 4.69) is 48.5 Å². The van der Waals surface area contributed by atoms with Crippen LogP contribution < -0.4 is 0 Å². The van der Waals surface area contributed by atoms with Crippen LogP contribution in [0.3, 0.4) is 0 Å². The standard InChI is InChI=1S/C16H14/c1-3-7-13-11(5-1)9-15(13)16-10-12-6-2-4-8-14(12)16/h1-8,15-16H,9-10H2. The van der Waals surface area contributed by atoms with Gasteiger partial charge < -0.3 is 0 Å². The summed E-state index contributed by atoms with van der Waals surface area (Å²) < 4.78 is 0. The molecule has 2 aromatic rings. The summed E-state index contributed by atoms with van der Waals surface area (Å²) in [5, 5.41) is 0. The molecule has 0 saturated carbocycles. The highest BCUT2D eigenvalue weighted by molar-refractivity contribution is 5.49. The van der Waals surface area contributed by atoms with Gasteiger partial charge in [0.1, 0.15) is 0 Å². The SMILES string of the molecule is c1ccc2c(c1)CC2C1Cc2ccccc21. The van der Waals surface area contributed by atoms with Gasteiger partial charge in [-0.15, -0.1) is 0 Å². The van der Waals surface area contributed by atoms with Gasteiger partial charge in [0.25, 0.3) is 0 Å². The molecule has 0 bridgehead atoms. The molecule has 2 atom stereocenters. The summed E-state index contributed by atoms with van der Waals surface area (Å²) in [4.78, 5) is 0. The summed E-state index contributed by atoms with van der Waals surface area (Å²) >= 11 is 0. The van der Waals surface area contributed by atoms with E-state index in [0.717, 1.165) is 11.8 Å². The second kappa shape index (κ2) is 2.98. The van der Waals surface area contributed by atoms with Crippen molar-refractivity contribution in [2.75, 3.05) is 0 Å². The maximum absolute atomic E-state index is 2.31. The maximum atomic E-state index is 2.31. The van der Waals surface area contributed by atoms with Gasteiger partial charge in [0.2, 0.25) is 0 Å². The first-order valence-electron chi connectivity index (χ1n) is 6.09. The minimum atomic E-state index is 0.797. The average Bonchev–Trinajstić information content (AvgIpc) is 2.26. The van der Waals surface area contributed by atoms with Crippen LogP contribution in [0.25, 0.3) is 0 Å². The van der Waals surface area contributed by atoms with Crippen molar-refractivity contribution < 1.29 is 0 Å². The molecule has 0 heteroatoms. The van der Waals surface area contributed by atoms with Crippen molar-refractivity contribution in [3.63, 3.8) is 0 Å². The lowest BCUT2D eigenvalue weighted by atomic mass is 9.61. The summed E-state index contributed by atoms with van der Waals surface area (Å²) in [5.74, 6) is 1.59. The van der Waals surface area contributed by atoms with Crippen LogP contribution in [0, 0.1) is 0 Å². The Labute approximate surface area is 95.9 Å². The largest absolute Gasteiger partial charge is 0.0620 e. The fraction of sp³-hybridized carbons (Fsp3) is 0.250. The lowest BCUT2D eigenvalue weighted by Gasteiger charge is -2.42. The first kappa shape index (κ1) is 8.58. The number of fused-ring (bicyclic) bond motifs is 2. The van der Waals surface area contributed by atoms with E-state index >= 15 is 0 Å². The molecular formula is C16H14. The van der Waals surface area contributed by atoms with E-state index in [4.69, 9.17) is 0 Å². The van der Waals surface area contributed by atoms with Crippen molar-refractivity contribution in [1.82, 2.24) is 0 Å². The van der Waals surface area contributed by atoms with Crippen LogP contribution in [-0.2, 0) is 12.8 Å². The fourth-order valence-electron chi connectivity index (χ4n) is 3.31. The van der Waals surface area contributed by atoms with Crippen LogP contribution in [0.4, 0.5) is 0 Å². The Hall–Kier alpha value is -1.56. The van der Waals surface area contributed by atoms with Gasteiger partial charge in [0, 0.05) is 0 Å². The van der Waals surface area contributed by atoms with Gasteiger partial charge in [-0.1, -0.05) is 48.5 Å². The van der Waals surface area contributed by atoms with Gasteiger partial charge >= 0.3 is 0 Å². The lowest BCUT2D eigenvalue weighted by molar-refractivity contribution is 0.445. The Morgan fingerprint density at radius 2 is 1.06 bits per heavy atom. The summed E-state index contributed by atoms with van der Waals surface area (Å²) in [7, 11) is 0. The molecule has 2 unspecified atom stereocenters. The maximum Gasteiger partial charge on any atom is -0.00465 e. The van der Waals surface area contributed by atoms with Crippen LogP contribution >= 0.6 is 0 Å². The number of benzene rings is 2. The Morgan fingerprint density at radius 3 is 1.50 bits per heavy atom. The molecule has 4 rings (SSSR count). The van der Waals surface area contributed by atoms with Crippen molar-refractivity contribution in [3.8, 4) is 0 Å². The molecule has 0 aromatic heterocycles. The lowest BCUT2D eigenvalue weighted by Crippen LogP contribution is -2.30. The van der Waals surface area contributed by atoms with Gasteiger partial charge in [0.05, 0.1) is 0 Å². The van der Waals surface area contributed by atoms with Crippen molar-refractivity contribution in [3.05, 3.63) is 70.8 Å². The summed E-state index contributed by atoms with van der Waals surface area (Å²) in [6.07, 6.45) is 2.57. The molecule has 0 aliphatic heterocycles. The van der Waals surface area contributed by atoms with Crippen LogP contribution in [0.5, 0.6) is 0 Å². The monoisotopic (exact) mass is 206 g/mol. The molecule has 2 aromatic carbocycles. The second-order valence-electron chi connectivity index (χ2n) is 5.02. The molecule has 78 valence electrons. The average molecular weight is 206 g/mol. The first-order chi connectivity index (χ1) is 7.93. The molecule has 0 nitrogen and oxygen atoms in total. The van der Waals surface area contributed by atoms with Crippen molar-refractivity contribution in [2.24, 2.45) is 0 Å². The van der Waals surface area contributed by atoms with E-state index in [0.29, 0.717) is 0 Å². The topological polar surface area (TPSA) is 0 Å². The third-order valence-corrected chi connectivity index (χ3v) is 4.27. The molecule has 0 fully saturated rings. The molecule has 0 amide bonds. The van der Waals surface area contributed by atoms with Crippen molar-refractivity contribution >= 4 is 0 Å². The van der Waals surface area contributed by atoms with Crippen LogP contribution in [0.2, 0.25) is 0 Å². The van der Waals surface area contributed by atoms with Gasteiger partial charge in [-0.3, -0.25) is 0 Å². The Kier molecular flexibility index (Phi) is 1.59. The second-order valence-corrected chi connectivity index (χ2v) is 5.02. The Morgan fingerprint density at radius 1 is 0.625 bits per heavy atom. The van der Waals surface area contributed by atoms with Crippen molar-refractivity contribution in [1.29, 1.82) is 0 Å². The summed E-state index contributed by atoms with van der Waals surface area (Å²) in [6.45, 7) is 0. The number of rotatable bonds is 1. The molecule has 0 spiro atoms. The molecule has 0 N–H and O–H groups in total. The molecule has 0 heterocycles. The molecule has 0 saturated heterocycles. The van der Waals surface area contributed by atoms with Gasteiger partial charge in [-0.25, -0.2) is 0 Å². The molecule has 0 radical (unpaired) electrons. The predicted molar refractivity (Wildman–Crippen MR) is 65.8 cm³/mol. The third kappa shape index (κ3) is 0.996. The molecule has 2 aliphatic rings. The minimum Gasteiger partial charge on any atom is -0.0620 e. The third-order valence-electron chi connectivity index (χ3n) is 4.27. The number of hydrogen-bond donors (Lipinski definition) is 0. The van der Waals surface area contributed by atoms with Crippen LogP contribution in [0.1, 0.15) is 34.1 Å². The quantitative estimate of drug-likeness (QED) is 0.668. The van der Waals surface area contributed by atoms with E-state index in [1.165, 1.54) is 12.8 Å². The highest BCUT2D eigenvalue weighted by Crippen LogP contribution is 2.51. The zero-order valence-corrected chi connectivity index (χ0v) is 9.19. The normalized spacial score (nSPS) is 25.0. The van der Waals surface area contributed by atoms with Crippen LogP contribution in [-0.4, -0.2) is 0 Å². The Bertz CT molecular complexity index is 502. The van der Waals surface area contributed by atoms with Gasteiger partial charge in [0.15, 0.2) is 0 Å². The van der Waals surface area contributed by atoms with E-state index in [1.54, 1.807) is 22.3 Å². The molecule has 16 heavy (non-hydrogen) atoms. The summed E-state index contributed by atoms with van der Waals surface area (Å²) in [5.41, 5.74) is 6.33. The fourth-order valence-corrected chi connectivity index (χ4v) is 3.31. The van der Waals surface area contributed by atoms with Crippen molar-refractivity contribution in [2.45, 2.75) is 24.7 Å². The summed E-state index contributed by atoms with van der Waals surface area (Å²) in [6, 6.07) is 17.8. The molecular weight excluding hydrogens is 192 g/mol. The van der Waals surface area contributed by atoms with Gasteiger partial charge in [-0.05, 0) is 46.9 Å². The minimum absolute atomic E-state index is 0.797. The van der Waals surface area contributed by atoms with E-state index < -0.39 is 0 Å². The molecule has 2 aliphatic carbocycles. The first-order valence-corrected chi connectivity index (χ1v) is 6.09. The number of hydrogen-bond acceptors (Lipinski definition) is 0.